The monoisotopic (exact) mass is 438 g/mol. The van der Waals surface area contributed by atoms with E-state index in [1.54, 1.807) is 11.8 Å². The molecule has 2 aromatic carbocycles. The summed E-state index contributed by atoms with van der Waals surface area (Å²) >= 11 is 8.05. The van der Waals surface area contributed by atoms with Crippen LogP contribution in [0.25, 0.3) is 0 Å². The zero-order valence-electron chi connectivity index (χ0n) is 16.4. The van der Waals surface area contributed by atoms with Crippen LogP contribution in [0.2, 0.25) is 5.02 Å². The molecule has 3 rings (SSSR count). The number of unbranched alkanes of at least 4 members (excludes halogenated alkanes) is 1. The maximum atomic E-state index is 13.6. The number of rotatable bonds is 8. The van der Waals surface area contributed by atoms with Crippen molar-refractivity contribution in [2.24, 2.45) is 0 Å². The average molecular weight is 439 g/mol. The van der Waals surface area contributed by atoms with Gasteiger partial charge in [0, 0.05) is 35.5 Å². The Hall–Kier alpha value is -1.63. The van der Waals surface area contributed by atoms with E-state index < -0.39 is 11.6 Å². The molecule has 1 amide bonds. The first-order chi connectivity index (χ1) is 14.0. The summed E-state index contributed by atoms with van der Waals surface area (Å²) in [5, 5.41) is 0.554. The van der Waals surface area contributed by atoms with Crippen LogP contribution >= 0.6 is 23.4 Å². The fourth-order valence-electron chi connectivity index (χ4n) is 3.50. The van der Waals surface area contributed by atoms with Crippen molar-refractivity contribution in [3.63, 3.8) is 0 Å². The van der Waals surface area contributed by atoms with Crippen molar-refractivity contribution in [3.05, 3.63) is 70.2 Å². The second-order valence-corrected chi connectivity index (χ2v) is 8.77. The number of nitrogens with zero attached hydrogens (tertiary/aromatic N) is 2. The Morgan fingerprint density at radius 2 is 1.97 bits per heavy atom. The molecule has 0 radical (unpaired) electrons. The van der Waals surface area contributed by atoms with Gasteiger partial charge >= 0.3 is 0 Å². The Morgan fingerprint density at radius 3 is 2.66 bits per heavy atom. The Bertz CT molecular complexity index is 831. The minimum atomic E-state index is -0.600. The zero-order chi connectivity index (χ0) is 20.8. The van der Waals surface area contributed by atoms with Gasteiger partial charge in [-0.3, -0.25) is 9.69 Å². The molecule has 29 heavy (non-hydrogen) atoms. The number of hydrogen-bond donors (Lipinski definition) is 0. The zero-order valence-corrected chi connectivity index (χ0v) is 18.0. The van der Waals surface area contributed by atoms with Crippen LogP contribution in [0, 0.1) is 11.6 Å². The highest BCUT2D eigenvalue weighted by atomic mass is 35.5. The van der Waals surface area contributed by atoms with Gasteiger partial charge in [-0.05, 0) is 36.7 Å². The quantitative estimate of drug-likeness (QED) is 0.544. The molecule has 2 aromatic rings. The Morgan fingerprint density at radius 1 is 1.24 bits per heavy atom. The lowest BCUT2D eigenvalue weighted by Crippen LogP contribution is -2.40. The standard InChI is InChI=1S/C22H25ClF2N2OS/c1-2-3-8-26(14-16-11-17(24)13-18(25)12-16)15-21(28)27-9-10-29-22(27)19-6-4-5-7-20(19)23/h4-7,11-13,22H,2-3,8-10,14-15H2,1H3. The first kappa shape index (κ1) is 22.1. The molecule has 1 unspecified atom stereocenters. The van der Waals surface area contributed by atoms with Crippen molar-refractivity contribution in [2.45, 2.75) is 31.7 Å². The van der Waals surface area contributed by atoms with Crippen LogP contribution in [0.1, 0.15) is 36.3 Å². The highest BCUT2D eigenvalue weighted by Crippen LogP contribution is 2.40. The van der Waals surface area contributed by atoms with Gasteiger partial charge in [-0.2, -0.15) is 0 Å². The highest BCUT2D eigenvalue weighted by Gasteiger charge is 2.32. The van der Waals surface area contributed by atoms with E-state index in [0.717, 1.165) is 30.2 Å². The second-order valence-electron chi connectivity index (χ2n) is 7.17. The number of carbonyl (C=O) groups excluding carboxylic acids is 1. The first-order valence-electron chi connectivity index (χ1n) is 9.80. The third-order valence-electron chi connectivity index (χ3n) is 4.90. The molecule has 0 aromatic heterocycles. The van der Waals surface area contributed by atoms with Crippen LogP contribution in [-0.2, 0) is 11.3 Å². The van der Waals surface area contributed by atoms with E-state index in [1.807, 2.05) is 34.1 Å². The lowest BCUT2D eigenvalue weighted by Gasteiger charge is -2.29. The van der Waals surface area contributed by atoms with Crippen LogP contribution in [0.3, 0.4) is 0 Å². The van der Waals surface area contributed by atoms with E-state index in [1.165, 1.54) is 12.1 Å². The summed E-state index contributed by atoms with van der Waals surface area (Å²) in [4.78, 5) is 16.9. The van der Waals surface area contributed by atoms with Gasteiger partial charge in [-0.25, -0.2) is 8.78 Å². The Kier molecular flexibility index (Phi) is 7.92. The number of amides is 1. The Labute approximate surface area is 180 Å². The number of halogens is 3. The van der Waals surface area contributed by atoms with Crippen molar-refractivity contribution in [3.8, 4) is 0 Å². The van der Waals surface area contributed by atoms with E-state index in [4.69, 9.17) is 11.6 Å². The normalized spacial score (nSPS) is 16.6. The molecule has 0 spiro atoms. The van der Waals surface area contributed by atoms with Crippen LogP contribution < -0.4 is 0 Å². The smallest absolute Gasteiger partial charge is 0.237 e. The van der Waals surface area contributed by atoms with Gasteiger partial charge in [-0.1, -0.05) is 43.1 Å². The molecule has 3 nitrogen and oxygen atoms in total. The molecule has 0 saturated carbocycles. The molecule has 1 atom stereocenters. The molecule has 1 saturated heterocycles. The second kappa shape index (κ2) is 10.4. The van der Waals surface area contributed by atoms with E-state index in [2.05, 4.69) is 6.92 Å². The van der Waals surface area contributed by atoms with Gasteiger partial charge in [0.05, 0.1) is 6.54 Å². The van der Waals surface area contributed by atoms with Crippen molar-refractivity contribution < 1.29 is 13.6 Å². The minimum Gasteiger partial charge on any atom is -0.325 e. The van der Waals surface area contributed by atoms with E-state index >= 15 is 0 Å². The number of hydrogen-bond acceptors (Lipinski definition) is 3. The van der Waals surface area contributed by atoms with Gasteiger partial charge in [-0.15, -0.1) is 11.8 Å². The SMILES string of the molecule is CCCCN(CC(=O)N1CCSC1c1ccccc1Cl)Cc1cc(F)cc(F)c1. The molecule has 0 bridgehead atoms. The van der Waals surface area contributed by atoms with E-state index in [9.17, 15) is 13.6 Å². The molecular formula is C22H25ClF2N2OS. The summed E-state index contributed by atoms with van der Waals surface area (Å²) in [6.07, 6.45) is 1.89. The highest BCUT2D eigenvalue weighted by molar-refractivity contribution is 7.99. The molecule has 1 aliphatic rings. The summed E-state index contributed by atoms with van der Waals surface area (Å²) in [5.41, 5.74) is 1.47. The summed E-state index contributed by atoms with van der Waals surface area (Å²) in [7, 11) is 0. The summed E-state index contributed by atoms with van der Waals surface area (Å²) < 4.78 is 27.1. The fourth-order valence-corrected chi connectivity index (χ4v) is 5.11. The van der Waals surface area contributed by atoms with Crippen LogP contribution in [0.4, 0.5) is 8.78 Å². The summed E-state index contributed by atoms with van der Waals surface area (Å²) in [6.45, 7) is 3.97. The Balaban J connectivity index is 1.72. The molecule has 1 fully saturated rings. The minimum absolute atomic E-state index is 0.00731. The van der Waals surface area contributed by atoms with Gasteiger partial charge < -0.3 is 4.90 Å². The van der Waals surface area contributed by atoms with Crippen molar-refractivity contribution in [1.82, 2.24) is 9.80 Å². The molecular weight excluding hydrogens is 414 g/mol. The fraction of sp³-hybridized carbons (Fsp3) is 0.409. The van der Waals surface area contributed by atoms with Crippen molar-refractivity contribution in [1.29, 1.82) is 0 Å². The van der Waals surface area contributed by atoms with Crippen molar-refractivity contribution >= 4 is 29.3 Å². The molecule has 1 heterocycles. The predicted octanol–water partition coefficient (Wildman–Crippen LogP) is 5.49. The third kappa shape index (κ3) is 5.93. The van der Waals surface area contributed by atoms with E-state index in [-0.39, 0.29) is 17.8 Å². The number of carbonyl (C=O) groups is 1. The maximum absolute atomic E-state index is 13.6. The van der Waals surface area contributed by atoms with Crippen LogP contribution in [-0.4, -0.2) is 41.1 Å². The first-order valence-corrected chi connectivity index (χ1v) is 11.2. The summed E-state index contributed by atoms with van der Waals surface area (Å²) in [5.74, 6) is -0.341. The largest absolute Gasteiger partial charge is 0.325 e. The van der Waals surface area contributed by atoms with Crippen molar-refractivity contribution in [2.75, 3.05) is 25.4 Å². The lowest BCUT2D eigenvalue weighted by molar-refractivity contribution is -0.132. The van der Waals surface area contributed by atoms with E-state index in [0.29, 0.717) is 30.2 Å². The van der Waals surface area contributed by atoms with Gasteiger partial charge in [0.1, 0.15) is 17.0 Å². The topological polar surface area (TPSA) is 23.6 Å². The van der Waals surface area contributed by atoms with Crippen LogP contribution in [0.15, 0.2) is 42.5 Å². The van der Waals surface area contributed by atoms with Gasteiger partial charge in [0.15, 0.2) is 0 Å². The van der Waals surface area contributed by atoms with Gasteiger partial charge in [0.25, 0.3) is 0 Å². The predicted molar refractivity (Wildman–Crippen MR) is 115 cm³/mol. The third-order valence-corrected chi connectivity index (χ3v) is 6.48. The average Bonchev–Trinajstić information content (AvgIpc) is 3.15. The summed E-state index contributed by atoms with van der Waals surface area (Å²) in [6, 6.07) is 11.1. The number of benzene rings is 2. The van der Waals surface area contributed by atoms with Gasteiger partial charge in [0.2, 0.25) is 5.91 Å². The maximum Gasteiger partial charge on any atom is 0.237 e. The molecule has 7 heteroatoms. The molecule has 0 aliphatic carbocycles. The molecule has 0 N–H and O–H groups in total. The van der Waals surface area contributed by atoms with Crippen LogP contribution in [0.5, 0.6) is 0 Å². The number of thioether (sulfide) groups is 1. The molecule has 1 aliphatic heterocycles. The lowest BCUT2D eigenvalue weighted by atomic mass is 10.1. The molecule has 156 valence electrons.